The quantitative estimate of drug-likeness (QED) is 0.774. The van der Waals surface area contributed by atoms with Crippen LogP contribution in [-0.2, 0) is 0 Å². The number of halogens is 2. The zero-order chi connectivity index (χ0) is 14.7. The molecule has 0 aliphatic rings. The van der Waals surface area contributed by atoms with Gasteiger partial charge in [-0.3, -0.25) is 4.79 Å². The number of carbonyl (C=O) groups is 1. The van der Waals surface area contributed by atoms with Crippen molar-refractivity contribution in [1.82, 2.24) is 0 Å². The number of Topliss-reactive ketones (excluding diaryl/α,β-unsaturated/α-hetero) is 1. The van der Waals surface area contributed by atoms with Gasteiger partial charge in [0.15, 0.2) is 5.78 Å². The molecule has 0 bridgehead atoms. The molecule has 0 N–H and O–H groups in total. The fourth-order valence-electron chi connectivity index (χ4n) is 1.81. The molecule has 0 saturated heterocycles. The molecule has 0 radical (unpaired) electrons. The molecule has 0 fully saturated rings. The first-order valence-corrected chi connectivity index (χ1v) is 7.23. The second-order valence-electron chi connectivity index (χ2n) is 3.88. The van der Waals surface area contributed by atoms with E-state index in [0.29, 0.717) is 26.2 Å². The number of carbonyl (C=O) groups excluding carboxylic acids is 1. The number of hydrogen-bond acceptors (Lipinski definition) is 4. The molecule has 1 unspecified atom stereocenters. The Labute approximate surface area is 130 Å². The fraction of sp³-hybridized carbons (Fsp3) is 0.143. The molecule has 20 heavy (non-hydrogen) atoms. The highest BCUT2D eigenvalue weighted by Crippen LogP contribution is 2.36. The Hall–Kier alpha value is -1.54. The molecule has 3 nitrogen and oxygen atoms in total. The minimum atomic E-state index is -1.05. The summed E-state index contributed by atoms with van der Waals surface area (Å²) in [4.78, 5) is 12.9. The lowest BCUT2D eigenvalue weighted by atomic mass is 9.95. The van der Waals surface area contributed by atoms with E-state index in [1.165, 1.54) is 18.4 Å². The average Bonchev–Trinajstić information content (AvgIpc) is 2.90. The van der Waals surface area contributed by atoms with Crippen molar-refractivity contribution in [3.8, 4) is 11.8 Å². The van der Waals surface area contributed by atoms with Gasteiger partial charge in [0, 0.05) is 15.6 Å². The first-order valence-electron chi connectivity index (χ1n) is 5.59. The molecule has 6 heteroatoms. The van der Waals surface area contributed by atoms with Gasteiger partial charge in [0.05, 0.1) is 13.2 Å². The van der Waals surface area contributed by atoms with E-state index in [0.717, 1.165) is 0 Å². The maximum Gasteiger partial charge on any atom is 0.198 e. The van der Waals surface area contributed by atoms with Crippen molar-refractivity contribution in [2.24, 2.45) is 0 Å². The maximum absolute atomic E-state index is 12.5. The molecule has 102 valence electrons. The van der Waals surface area contributed by atoms with E-state index < -0.39 is 5.92 Å². The second kappa shape index (κ2) is 6.27. The third kappa shape index (κ3) is 2.66. The number of ketones is 1. The molecular weight excluding hydrogens is 317 g/mol. The highest BCUT2D eigenvalue weighted by molar-refractivity contribution is 7.12. The largest absolute Gasteiger partial charge is 0.495 e. The van der Waals surface area contributed by atoms with E-state index in [9.17, 15) is 10.1 Å². The summed E-state index contributed by atoms with van der Waals surface area (Å²) in [5.74, 6) is -0.971. The van der Waals surface area contributed by atoms with E-state index in [1.54, 1.807) is 29.6 Å². The summed E-state index contributed by atoms with van der Waals surface area (Å²) in [6.45, 7) is 0. The highest BCUT2D eigenvalue weighted by atomic mass is 35.5. The van der Waals surface area contributed by atoms with Gasteiger partial charge in [-0.2, -0.15) is 5.26 Å². The van der Waals surface area contributed by atoms with Gasteiger partial charge in [-0.1, -0.05) is 29.3 Å². The molecule has 1 aromatic carbocycles. The summed E-state index contributed by atoms with van der Waals surface area (Å²) >= 11 is 13.4. The summed E-state index contributed by atoms with van der Waals surface area (Å²) < 4.78 is 5.11. The lowest BCUT2D eigenvalue weighted by molar-refractivity contribution is 0.0980. The fourth-order valence-corrected chi connectivity index (χ4v) is 3.25. The first-order chi connectivity index (χ1) is 9.60. The van der Waals surface area contributed by atoms with Crippen molar-refractivity contribution in [3.63, 3.8) is 0 Å². The van der Waals surface area contributed by atoms with Gasteiger partial charge in [-0.05, 0) is 23.6 Å². The van der Waals surface area contributed by atoms with Crippen LogP contribution in [0.25, 0.3) is 0 Å². The SMILES string of the molecule is COc1ccsc1C(=O)C(C#N)c1c(Cl)cccc1Cl. The van der Waals surface area contributed by atoms with Crippen LogP contribution < -0.4 is 4.74 Å². The van der Waals surface area contributed by atoms with Crippen LogP contribution in [0.1, 0.15) is 21.2 Å². The summed E-state index contributed by atoms with van der Waals surface area (Å²) in [7, 11) is 1.47. The highest BCUT2D eigenvalue weighted by Gasteiger charge is 2.29. The number of nitrogens with zero attached hydrogens (tertiary/aromatic N) is 1. The molecule has 2 rings (SSSR count). The molecule has 1 heterocycles. The van der Waals surface area contributed by atoms with Crippen LogP contribution in [0.5, 0.6) is 5.75 Å². The van der Waals surface area contributed by atoms with Crippen molar-refractivity contribution in [2.75, 3.05) is 7.11 Å². The van der Waals surface area contributed by atoms with Gasteiger partial charge in [0.1, 0.15) is 16.5 Å². The molecule has 0 amide bonds. The van der Waals surface area contributed by atoms with E-state index in [-0.39, 0.29) is 5.78 Å². The molecule has 1 aromatic heterocycles. The molecule has 1 atom stereocenters. The Morgan fingerprint density at radius 2 is 2.00 bits per heavy atom. The molecular formula is C14H9Cl2NO2S. The summed E-state index contributed by atoms with van der Waals surface area (Å²) in [5.41, 5.74) is 0.332. The molecule has 0 saturated carbocycles. The number of hydrogen-bond donors (Lipinski definition) is 0. The number of ether oxygens (including phenoxy) is 1. The van der Waals surface area contributed by atoms with Gasteiger partial charge < -0.3 is 4.74 Å². The summed E-state index contributed by atoms with van der Waals surface area (Å²) in [6.07, 6.45) is 0. The first kappa shape index (κ1) is 14.9. The van der Waals surface area contributed by atoms with Crippen LogP contribution >= 0.6 is 34.5 Å². The van der Waals surface area contributed by atoms with Crippen molar-refractivity contribution in [1.29, 1.82) is 5.26 Å². The van der Waals surface area contributed by atoms with Crippen LogP contribution in [-0.4, -0.2) is 12.9 Å². The van der Waals surface area contributed by atoms with Gasteiger partial charge in [-0.15, -0.1) is 11.3 Å². The lowest BCUT2D eigenvalue weighted by Crippen LogP contribution is -2.12. The number of nitriles is 1. The number of rotatable bonds is 4. The van der Waals surface area contributed by atoms with Crippen molar-refractivity contribution in [3.05, 3.63) is 50.1 Å². The summed E-state index contributed by atoms with van der Waals surface area (Å²) in [6, 6.07) is 8.53. The van der Waals surface area contributed by atoms with Gasteiger partial charge in [-0.25, -0.2) is 0 Å². The van der Waals surface area contributed by atoms with Crippen LogP contribution in [0.3, 0.4) is 0 Å². The Morgan fingerprint density at radius 1 is 1.35 bits per heavy atom. The van der Waals surface area contributed by atoms with Crippen molar-refractivity contribution >= 4 is 40.3 Å². The predicted octanol–water partition coefficient (Wildman–Crippen LogP) is 4.55. The number of benzene rings is 1. The summed E-state index contributed by atoms with van der Waals surface area (Å²) in [5, 5.41) is 11.7. The van der Waals surface area contributed by atoms with E-state index in [4.69, 9.17) is 27.9 Å². The Bertz CT molecular complexity index is 670. The van der Waals surface area contributed by atoms with Gasteiger partial charge in [0.2, 0.25) is 0 Å². The third-order valence-electron chi connectivity index (χ3n) is 2.75. The smallest absolute Gasteiger partial charge is 0.198 e. The maximum atomic E-state index is 12.5. The van der Waals surface area contributed by atoms with E-state index in [1.807, 2.05) is 6.07 Å². The topological polar surface area (TPSA) is 50.1 Å². The molecule has 0 aliphatic heterocycles. The monoisotopic (exact) mass is 325 g/mol. The molecule has 0 spiro atoms. The molecule has 0 aliphatic carbocycles. The number of methoxy groups -OCH3 is 1. The van der Waals surface area contributed by atoms with Crippen LogP contribution in [0.4, 0.5) is 0 Å². The predicted molar refractivity (Wildman–Crippen MR) is 80.0 cm³/mol. The average molecular weight is 326 g/mol. The lowest BCUT2D eigenvalue weighted by Gasteiger charge is -2.12. The van der Waals surface area contributed by atoms with Crippen LogP contribution in [0.2, 0.25) is 10.0 Å². The van der Waals surface area contributed by atoms with Gasteiger partial charge >= 0.3 is 0 Å². The minimum absolute atomic E-state index is 0.299. The normalized spacial score (nSPS) is 11.7. The van der Waals surface area contributed by atoms with Crippen molar-refractivity contribution in [2.45, 2.75) is 5.92 Å². The number of thiophene rings is 1. The zero-order valence-corrected chi connectivity index (χ0v) is 12.7. The zero-order valence-electron chi connectivity index (χ0n) is 10.4. The van der Waals surface area contributed by atoms with Crippen LogP contribution in [0.15, 0.2) is 29.6 Å². The Morgan fingerprint density at radius 3 is 2.55 bits per heavy atom. The van der Waals surface area contributed by atoms with E-state index in [2.05, 4.69) is 0 Å². The van der Waals surface area contributed by atoms with Crippen molar-refractivity contribution < 1.29 is 9.53 Å². The van der Waals surface area contributed by atoms with Crippen LogP contribution in [0, 0.1) is 11.3 Å². The third-order valence-corrected chi connectivity index (χ3v) is 4.32. The second-order valence-corrected chi connectivity index (χ2v) is 5.61. The Kier molecular flexibility index (Phi) is 4.66. The van der Waals surface area contributed by atoms with Gasteiger partial charge in [0.25, 0.3) is 0 Å². The standard InChI is InChI=1S/C14H9Cl2NO2S/c1-19-11-5-6-20-14(11)13(18)8(7-17)12-9(15)3-2-4-10(12)16/h2-6,8H,1H3. The van der Waals surface area contributed by atoms with E-state index >= 15 is 0 Å². The Balaban J connectivity index is 2.49. The molecule has 2 aromatic rings. The minimum Gasteiger partial charge on any atom is -0.495 e.